The van der Waals surface area contributed by atoms with Crippen LogP contribution < -0.4 is 9.64 Å². The molecule has 0 unspecified atom stereocenters. The Morgan fingerprint density at radius 2 is 2.00 bits per heavy atom. The molecular formula is C24H35N3O5. The van der Waals surface area contributed by atoms with E-state index in [1.807, 2.05) is 6.07 Å². The van der Waals surface area contributed by atoms with Crippen LogP contribution in [0.25, 0.3) is 0 Å². The molecule has 1 atom stereocenters. The summed E-state index contributed by atoms with van der Waals surface area (Å²) in [4.78, 5) is 34.7. The Balaban J connectivity index is 1.54. The number of ether oxygens (including phenoxy) is 2. The number of esters is 1. The fourth-order valence-corrected chi connectivity index (χ4v) is 5.61. The Kier molecular flexibility index (Phi) is 6.88. The number of carbonyl (C=O) groups excluding carboxylic acids is 2. The number of rotatable bonds is 6. The Morgan fingerprint density at radius 1 is 1.22 bits per heavy atom. The maximum atomic E-state index is 13.6. The molecule has 3 fully saturated rings. The van der Waals surface area contributed by atoms with Gasteiger partial charge in [-0.15, -0.1) is 0 Å². The Hall–Kier alpha value is -2.35. The van der Waals surface area contributed by atoms with Crippen LogP contribution in [0.5, 0.6) is 5.88 Å². The third-order valence-corrected chi connectivity index (χ3v) is 7.31. The smallest absolute Gasteiger partial charge is 0.310 e. The third kappa shape index (κ3) is 4.56. The monoisotopic (exact) mass is 445 g/mol. The van der Waals surface area contributed by atoms with Crippen LogP contribution in [0, 0.1) is 5.41 Å². The van der Waals surface area contributed by atoms with Gasteiger partial charge in [0.25, 0.3) is 0 Å². The molecule has 0 aromatic carbocycles. The molecule has 0 radical (unpaired) electrons. The molecule has 1 amide bonds. The molecule has 1 aromatic heterocycles. The maximum absolute atomic E-state index is 13.6. The first-order chi connectivity index (χ1) is 15.5. The average molecular weight is 446 g/mol. The van der Waals surface area contributed by atoms with Crippen molar-refractivity contribution in [2.75, 3.05) is 38.3 Å². The zero-order valence-electron chi connectivity index (χ0n) is 19.2. The van der Waals surface area contributed by atoms with Crippen molar-refractivity contribution in [3.63, 3.8) is 0 Å². The number of amides is 1. The molecule has 1 N–H and O–H groups in total. The van der Waals surface area contributed by atoms with Crippen LogP contribution >= 0.6 is 0 Å². The van der Waals surface area contributed by atoms with Gasteiger partial charge in [-0.2, -0.15) is 4.98 Å². The van der Waals surface area contributed by atoms with E-state index in [9.17, 15) is 14.7 Å². The van der Waals surface area contributed by atoms with Crippen LogP contribution in [0.4, 0.5) is 5.82 Å². The lowest BCUT2D eigenvalue weighted by Crippen LogP contribution is -2.50. The number of nitrogens with zero attached hydrogens (tertiary/aromatic N) is 3. The molecule has 176 valence electrons. The number of aliphatic hydroxyl groups excluding tert-OH is 1. The predicted octanol–water partition coefficient (Wildman–Crippen LogP) is 2.32. The van der Waals surface area contributed by atoms with Gasteiger partial charge in [-0.05, 0) is 57.9 Å². The van der Waals surface area contributed by atoms with Crippen molar-refractivity contribution in [2.24, 2.45) is 5.41 Å². The number of anilines is 1. The molecule has 3 heterocycles. The first kappa shape index (κ1) is 22.8. The zero-order valence-corrected chi connectivity index (χ0v) is 19.2. The highest BCUT2D eigenvalue weighted by Gasteiger charge is 2.51. The quantitative estimate of drug-likeness (QED) is 0.672. The molecule has 2 saturated heterocycles. The first-order valence-electron chi connectivity index (χ1n) is 11.9. The number of likely N-dealkylation sites (tertiary alicyclic amines) is 1. The van der Waals surface area contributed by atoms with E-state index in [2.05, 4.69) is 14.8 Å². The van der Waals surface area contributed by atoms with Gasteiger partial charge in [0.15, 0.2) is 0 Å². The largest absolute Gasteiger partial charge is 0.481 e. The highest BCUT2D eigenvalue weighted by molar-refractivity contribution is 5.86. The highest BCUT2D eigenvalue weighted by atomic mass is 16.5. The average Bonchev–Trinajstić information content (AvgIpc) is 3.10. The molecule has 4 rings (SSSR count). The van der Waals surface area contributed by atoms with E-state index in [0.717, 1.165) is 63.6 Å². The summed E-state index contributed by atoms with van der Waals surface area (Å²) >= 11 is 0. The summed E-state index contributed by atoms with van der Waals surface area (Å²) in [5.41, 5.74) is 0.394. The van der Waals surface area contributed by atoms with Crippen molar-refractivity contribution in [1.82, 2.24) is 9.88 Å². The number of hydrogen-bond donors (Lipinski definition) is 1. The van der Waals surface area contributed by atoms with Gasteiger partial charge in [-0.25, -0.2) is 0 Å². The minimum absolute atomic E-state index is 0.147. The molecule has 1 aromatic rings. The van der Waals surface area contributed by atoms with E-state index < -0.39 is 5.41 Å². The van der Waals surface area contributed by atoms with E-state index in [-0.39, 0.29) is 30.4 Å². The molecule has 1 saturated carbocycles. The van der Waals surface area contributed by atoms with Crippen molar-refractivity contribution in [3.8, 4) is 5.88 Å². The second-order valence-electron chi connectivity index (χ2n) is 9.33. The van der Waals surface area contributed by atoms with Gasteiger partial charge in [0.2, 0.25) is 11.8 Å². The fourth-order valence-electron chi connectivity index (χ4n) is 5.61. The lowest BCUT2D eigenvalue weighted by Gasteiger charge is -2.41. The zero-order chi connectivity index (χ0) is 22.7. The van der Waals surface area contributed by atoms with Gasteiger partial charge >= 0.3 is 5.97 Å². The summed E-state index contributed by atoms with van der Waals surface area (Å²) in [6.45, 7) is 4.32. The molecule has 0 bridgehead atoms. The van der Waals surface area contributed by atoms with Gasteiger partial charge < -0.3 is 24.4 Å². The molecule has 1 aliphatic carbocycles. The molecule has 8 heteroatoms. The molecule has 3 aliphatic rings. The second-order valence-corrected chi connectivity index (χ2v) is 9.33. The molecule has 1 spiro atoms. The van der Waals surface area contributed by atoms with Gasteiger partial charge in [-0.3, -0.25) is 9.59 Å². The number of pyridine rings is 1. The van der Waals surface area contributed by atoms with Crippen LogP contribution in [0.3, 0.4) is 0 Å². The van der Waals surface area contributed by atoms with Gasteiger partial charge in [0.1, 0.15) is 5.82 Å². The standard InChI is InChI=1S/C24H35N3O5/c1-3-32-21(29)15-17-5-10-20(31-2)25-22(17)26-13-4-11-24(16-26)12-14-27(23(24)30)18-6-8-19(28)9-7-18/h5,10,18-19,28H,3-4,6-9,11-16H2,1-2H3/t18?,19?,24-/m0/s1. The molecule has 8 nitrogen and oxygen atoms in total. The Morgan fingerprint density at radius 3 is 2.72 bits per heavy atom. The normalized spacial score (nSPS) is 28.3. The molecular weight excluding hydrogens is 410 g/mol. The van der Waals surface area contributed by atoms with Crippen LogP contribution in [0.2, 0.25) is 0 Å². The second kappa shape index (κ2) is 9.65. The summed E-state index contributed by atoms with van der Waals surface area (Å²) in [6, 6.07) is 3.88. The van der Waals surface area contributed by atoms with Crippen molar-refractivity contribution in [3.05, 3.63) is 17.7 Å². The topological polar surface area (TPSA) is 92.2 Å². The summed E-state index contributed by atoms with van der Waals surface area (Å²) < 4.78 is 10.5. The lowest BCUT2D eigenvalue weighted by atomic mass is 9.78. The van der Waals surface area contributed by atoms with Gasteiger partial charge in [0.05, 0.1) is 31.7 Å². The maximum Gasteiger partial charge on any atom is 0.310 e. The first-order valence-corrected chi connectivity index (χ1v) is 11.9. The van der Waals surface area contributed by atoms with Crippen LogP contribution in [0.15, 0.2) is 12.1 Å². The van der Waals surface area contributed by atoms with E-state index in [0.29, 0.717) is 24.8 Å². The fraction of sp³-hybridized carbons (Fsp3) is 0.708. The van der Waals surface area contributed by atoms with Gasteiger partial charge in [-0.1, -0.05) is 0 Å². The number of hydrogen-bond acceptors (Lipinski definition) is 7. The van der Waals surface area contributed by atoms with Crippen molar-refractivity contribution < 1.29 is 24.2 Å². The summed E-state index contributed by atoms with van der Waals surface area (Å²) in [7, 11) is 1.58. The number of aliphatic hydroxyl groups is 1. The van der Waals surface area contributed by atoms with E-state index >= 15 is 0 Å². The van der Waals surface area contributed by atoms with E-state index in [1.54, 1.807) is 20.1 Å². The highest BCUT2D eigenvalue weighted by Crippen LogP contribution is 2.43. The van der Waals surface area contributed by atoms with Crippen LogP contribution in [-0.2, 0) is 20.7 Å². The third-order valence-electron chi connectivity index (χ3n) is 7.31. The number of methoxy groups -OCH3 is 1. The van der Waals surface area contributed by atoms with Crippen molar-refractivity contribution >= 4 is 17.7 Å². The predicted molar refractivity (Wildman–Crippen MR) is 120 cm³/mol. The van der Waals surface area contributed by atoms with Crippen molar-refractivity contribution in [2.45, 2.75) is 70.4 Å². The van der Waals surface area contributed by atoms with Crippen molar-refractivity contribution in [1.29, 1.82) is 0 Å². The van der Waals surface area contributed by atoms with E-state index in [1.165, 1.54) is 0 Å². The minimum Gasteiger partial charge on any atom is -0.481 e. The molecule has 2 aliphatic heterocycles. The lowest BCUT2D eigenvalue weighted by molar-refractivity contribution is -0.142. The SMILES string of the molecule is CCOC(=O)Cc1ccc(OC)nc1N1CCC[C@]2(CCN(C3CCC(O)CC3)C2=O)C1. The Bertz CT molecular complexity index is 839. The summed E-state index contributed by atoms with van der Waals surface area (Å²) in [6.07, 6.45) is 5.87. The Labute approximate surface area is 189 Å². The summed E-state index contributed by atoms with van der Waals surface area (Å²) in [5.74, 6) is 1.17. The summed E-state index contributed by atoms with van der Waals surface area (Å²) in [5, 5.41) is 9.84. The number of piperidine rings is 1. The van der Waals surface area contributed by atoms with Gasteiger partial charge in [0, 0.05) is 37.3 Å². The van der Waals surface area contributed by atoms with Crippen LogP contribution in [-0.4, -0.2) is 72.4 Å². The number of aromatic nitrogens is 1. The number of carbonyl (C=O) groups is 2. The van der Waals surface area contributed by atoms with E-state index in [4.69, 9.17) is 9.47 Å². The van der Waals surface area contributed by atoms with Crippen LogP contribution in [0.1, 0.15) is 57.4 Å². The minimum atomic E-state index is -0.403. The molecule has 32 heavy (non-hydrogen) atoms.